The summed E-state index contributed by atoms with van der Waals surface area (Å²) in [4.78, 5) is 17.5. The van der Waals surface area contributed by atoms with E-state index in [0.717, 1.165) is 51.3 Å². The second kappa shape index (κ2) is 7.88. The zero-order valence-electron chi connectivity index (χ0n) is 15.3. The van der Waals surface area contributed by atoms with Gasteiger partial charge in [-0.05, 0) is 42.9 Å². The SMILES string of the molecule is O=C(c1ccc(C2CCCCC2)cc1)N1CCC(N2CCNCC2)C1. The molecule has 1 saturated carbocycles. The molecule has 0 bridgehead atoms. The van der Waals surface area contributed by atoms with Gasteiger partial charge < -0.3 is 10.2 Å². The first-order chi connectivity index (χ1) is 12.3. The maximum absolute atomic E-state index is 12.9. The van der Waals surface area contributed by atoms with Crippen LogP contribution in [-0.2, 0) is 0 Å². The van der Waals surface area contributed by atoms with E-state index in [0.29, 0.717) is 12.0 Å². The average molecular weight is 341 g/mol. The molecule has 1 aromatic rings. The summed E-state index contributed by atoms with van der Waals surface area (Å²) < 4.78 is 0. The van der Waals surface area contributed by atoms with Crippen LogP contribution in [0.3, 0.4) is 0 Å². The highest BCUT2D eigenvalue weighted by atomic mass is 16.2. The van der Waals surface area contributed by atoms with Gasteiger partial charge in [0.05, 0.1) is 0 Å². The molecule has 3 fully saturated rings. The first kappa shape index (κ1) is 17.0. The summed E-state index contributed by atoms with van der Waals surface area (Å²) in [5, 5.41) is 3.41. The highest BCUT2D eigenvalue weighted by molar-refractivity contribution is 5.94. The normalized spacial score (nSPS) is 26.1. The third-order valence-electron chi connectivity index (χ3n) is 6.35. The Balaban J connectivity index is 1.36. The minimum atomic E-state index is 0.216. The Kier molecular flexibility index (Phi) is 5.37. The Hall–Kier alpha value is -1.39. The van der Waals surface area contributed by atoms with Gasteiger partial charge in [0.25, 0.3) is 5.91 Å². The van der Waals surface area contributed by atoms with E-state index in [1.165, 1.54) is 37.7 Å². The van der Waals surface area contributed by atoms with Crippen molar-refractivity contribution >= 4 is 5.91 Å². The van der Waals surface area contributed by atoms with Gasteiger partial charge in [0.1, 0.15) is 0 Å². The highest BCUT2D eigenvalue weighted by Crippen LogP contribution is 2.32. The number of piperazine rings is 1. The van der Waals surface area contributed by atoms with Crippen LogP contribution in [0.5, 0.6) is 0 Å². The van der Waals surface area contributed by atoms with Crippen LogP contribution >= 0.6 is 0 Å². The van der Waals surface area contributed by atoms with E-state index < -0.39 is 0 Å². The predicted octanol–water partition coefficient (Wildman–Crippen LogP) is 2.85. The second-order valence-corrected chi connectivity index (χ2v) is 7.94. The molecule has 1 aliphatic carbocycles. The van der Waals surface area contributed by atoms with Crippen molar-refractivity contribution in [3.05, 3.63) is 35.4 Å². The Morgan fingerprint density at radius 2 is 1.64 bits per heavy atom. The zero-order chi connectivity index (χ0) is 17.1. The van der Waals surface area contributed by atoms with E-state index in [4.69, 9.17) is 0 Å². The Morgan fingerprint density at radius 3 is 2.36 bits per heavy atom. The van der Waals surface area contributed by atoms with E-state index in [1.54, 1.807) is 0 Å². The number of carbonyl (C=O) groups excluding carboxylic acids is 1. The lowest BCUT2D eigenvalue weighted by Crippen LogP contribution is -2.49. The molecule has 0 aromatic heterocycles. The van der Waals surface area contributed by atoms with Crippen molar-refractivity contribution in [2.75, 3.05) is 39.3 Å². The van der Waals surface area contributed by atoms with Gasteiger partial charge in [-0.15, -0.1) is 0 Å². The lowest BCUT2D eigenvalue weighted by molar-refractivity contribution is 0.0773. The fraction of sp³-hybridized carbons (Fsp3) is 0.667. The molecule has 1 atom stereocenters. The molecule has 0 spiro atoms. The number of rotatable bonds is 3. The van der Waals surface area contributed by atoms with E-state index in [1.807, 2.05) is 0 Å². The summed E-state index contributed by atoms with van der Waals surface area (Å²) in [6.07, 6.45) is 7.83. The molecule has 1 unspecified atom stereocenters. The number of amides is 1. The molecule has 4 nitrogen and oxygen atoms in total. The van der Waals surface area contributed by atoms with Crippen LogP contribution < -0.4 is 5.32 Å². The molecule has 25 heavy (non-hydrogen) atoms. The molecular weight excluding hydrogens is 310 g/mol. The monoisotopic (exact) mass is 341 g/mol. The first-order valence-corrected chi connectivity index (χ1v) is 10.2. The van der Waals surface area contributed by atoms with Crippen molar-refractivity contribution in [1.29, 1.82) is 0 Å². The molecule has 1 N–H and O–H groups in total. The topological polar surface area (TPSA) is 35.6 Å². The summed E-state index contributed by atoms with van der Waals surface area (Å²) >= 11 is 0. The van der Waals surface area contributed by atoms with Crippen LogP contribution in [0.4, 0.5) is 0 Å². The van der Waals surface area contributed by atoms with Crippen LogP contribution in [-0.4, -0.2) is 61.0 Å². The molecule has 2 heterocycles. The lowest BCUT2D eigenvalue weighted by atomic mass is 9.84. The maximum atomic E-state index is 12.9. The quantitative estimate of drug-likeness (QED) is 0.918. The van der Waals surface area contributed by atoms with Crippen molar-refractivity contribution in [2.24, 2.45) is 0 Å². The maximum Gasteiger partial charge on any atom is 0.253 e. The van der Waals surface area contributed by atoms with Crippen LogP contribution in [0.15, 0.2) is 24.3 Å². The van der Waals surface area contributed by atoms with Gasteiger partial charge in [-0.25, -0.2) is 0 Å². The van der Waals surface area contributed by atoms with E-state index in [2.05, 4.69) is 39.4 Å². The molecule has 2 aliphatic heterocycles. The van der Waals surface area contributed by atoms with Crippen molar-refractivity contribution < 1.29 is 4.79 Å². The van der Waals surface area contributed by atoms with E-state index in [9.17, 15) is 4.79 Å². The van der Waals surface area contributed by atoms with Gasteiger partial charge in [-0.1, -0.05) is 31.4 Å². The third kappa shape index (κ3) is 3.90. The fourth-order valence-corrected chi connectivity index (χ4v) is 4.79. The van der Waals surface area contributed by atoms with Gasteiger partial charge >= 0.3 is 0 Å². The number of likely N-dealkylation sites (tertiary alicyclic amines) is 1. The van der Waals surface area contributed by atoms with Crippen LogP contribution in [0.2, 0.25) is 0 Å². The Labute approximate surface area is 151 Å². The smallest absolute Gasteiger partial charge is 0.253 e. The number of hydrogen-bond donors (Lipinski definition) is 1. The van der Waals surface area contributed by atoms with Gasteiger partial charge in [0.15, 0.2) is 0 Å². The first-order valence-electron chi connectivity index (χ1n) is 10.2. The number of benzene rings is 1. The Morgan fingerprint density at radius 1 is 0.920 bits per heavy atom. The Bertz CT molecular complexity index is 573. The van der Waals surface area contributed by atoms with Crippen molar-refractivity contribution in [3.8, 4) is 0 Å². The largest absolute Gasteiger partial charge is 0.337 e. The van der Waals surface area contributed by atoms with E-state index in [-0.39, 0.29) is 5.91 Å². The molecule has 1 amide bonds. The molecule has 1 aromatic carbocycles. The van der Waals surface area contributed by atoms with Crippen molar-refractivity contribution in [3.63, 3.8) is 0 Å². The molecule has 3 aliphatic rings. The fourth-order valence-electron chi connectivity index (χ4n) is 4.79. The van der Waals surface area contributed by atoms with Gasteiger partial charge in [0, 0.05) is 50.9 Å². The lowest BCUT2D eigenvalue weighted by Gasteiger charge is -2.32. The van der Waals surface area contributed by atoms with Crippen LogP contribution in [0.25, 0.3) is 0 Å². The highest BCUT2D eigenvalue weighted by Gasteiger charge is 2.31. The average Bonchev–Trinajstić information content (AvgIpc) is 3.19. The standard InChI is InChI=1S/C21H31N3O/c25-21(24-13-10-20(16-24)23-14-11-22-12-15-23)19-8-6-18(7-9-19)17-4-2-1-3-5-17/h6-9,17,20,22H,1-5,10-16H2. The number of nitrogens with zero attached hydrogens (tertiary/aromatic N) is 2. The molecule has 0 radical (unpaired) electrons. The molecule has 4 heteroatoms. The van der Waals surface area contributed by atoms with Crippen molar-refractivity contribution in [1.82, 2.24) is 15.1 Å². The van der Waals surface area contributed by atoms with Gasteiger partial charge in [-0.3, -0.25) is 9.69 Å². The van der Waals surface area contributed by atoms with Crippen LogP contribution in [0.1, 0.15) is 60.4 Å². The minimum Gasteiger partial charge on any atom is -0.337 e. The summed E-state index contributed by atoms with van der Waals surface area (Å²) in [5.74, 6) is 0.926. The number of nitrogens with one attached hydrogen (secondary N) is 1. The number of carbonyl (C=O) groups is 1. The summed E-state index contributed by atoms with van der Waals surface area (Å²) in [6.45, 7) is 6.17. The molecule has 2 saturated heterocycles. The van der Waals surface area contributed by atoms with Crippen LogP contribution in [0, 0.1) is 0 Å². The van der Waals surface area contributed by atoms with Gasteiger partial charge in [-0.2, -0.15) is 0 Å². The molecular formula is C21H31N3O. The third-order valence-corrected chi connectivity index (χ3v) is 6.35. The van der Waals surface area contributed by atoms with Crippen molar-refractivity contribution in [2.45, 2.75) is 50.5 Å². The zero-order valence-corrected chi connectivity index (χ0v) is 15.3. The predicted molar refractivity (Wildman–Crippen MR) is 101 cm³/mol. The van der Waals surface area contributed by atoms with Gasteiger partial charge in [0.2, 0.25) is 0 Å². The minimum absolute atomic E-state index is 0.216. The molecule has 4 rings (SSSR count). The second-order valence-electron chi connectivity index (χ2n) is 7.94. The molecule has 136 valence electrons. The van der Waals surface area contributed by atoms with E-state index >= 15 is 0 Å². The summed E-state index contributed by atoms with van der Waals surface area (Å²) in [5.41, 5.74) is 2.29. The summed E-state index contributed by atoms with van der Waals surface area (Å²) in [7, 11) is 0. The number of hydrogen-bond acceptors (Lipinski definition) is 3. The summed E-state index contributed by atoms with van der Waals surface area (Å²) in [6, 6.07) is 9.07.